The van der Waals surface area contributed by atoms with Gasteiger partial charge in [0, 0.05) is 23.0 Å². The molecule has 1 aromatic carbocycles. The molecule has 0 spiro atoms. The van der Waals surface area contributed by atoms with Crippen LogP contribution in [0.2, 0.25) is 0 Å². The lowest BCUT2D eigenvalue weighted by Gasteiger charge is -2.25. The lowest BCUT2D eigenvalue weighted by Crippen LogP contribution is -2.47. The molecule has 1 heterocycles. The van der Waals surface area contributed by atoms with Crippen LogP contribution in [0.1, 0.15) is 27.1 Å². The smallest absolute Gasteiger partial charge is 0.199 e. The molecule has 1 aromatic rings. The Labute approximate surface area is 103 Å². The summed E-state index contributed by atoms with van der Waals surface area (Å²) >= 11 is 0. The SMILES string of the molecule is O=C1c2ccccc2C(=O)[C@@]23O[C@@]12[C@H]1C=C[C@@H]3C1. The minimum absolute atomic E-state index is 0.00884. The van der Waals surface area contributed by atoms with Crippen molar-refractivity contribution >= 4 is 11.6 Å². The summed E-state index contributed by atoms with van der Waals surface area (Å²) in [6.07, 6.45) is 4.98. The first-order valence-corrected chi connectivity index (χ1v) is 6.29. The highest BCUT2D eigenvalue weighted by Gasteiger charge is 2.89. The number of rotatable bonds is 0. The van der Waals surface area contributed by atoms with E-state index in [0.717, 1.165) is 6.42 Å². The molecule has 4 atom stereocenters. The fraction of sp³-hybridized carbons (Fsp3) is 0.333. The molecule has 2 fully saturated rings. The first-order chi connectivity index (χ1) is 8.72. The Morgan fingerprint density at radius 2 is 1.44 bits per heavy atom. The van der Waals surface area contributed by atoms with Crippen molar-refractivity contribution in [1.29, 1.82) is 0 Å². The van der Waals surface area contributed by atoms with Gasteiger partial charge in [-0.05, 0) is 6.42 Å². The van der Waals surface area contributed by atoms with E-state index in [-0.39, 0.29) is 23.4 Å². The van der Waals surface area contributed by atoms with Crippen LogP contribution in [0.4, 0.5) is 0 Å². The highest BCUT2D eigenvalue weighted by molar-refractivity contribution is 6.26. The van der Waals surface area contributed by atoms with Gasteiger partial charge in [0.15, 0.2) is 22.8 Å². The standard InChI is InChI=1S/C15H10O3/c16-12-10-3-1-2-4-11(10)13(17)15-9-6-5-8(7-9)14(12,15)18-15/h1-6,8-9H,7H2/t8-,9+,14-,15+. The Morgan fingerprint density at radius 1 is 0.944 bits per heavy atom. The van der Waals surface area contributed by atoms with E-state index in [4.69, 9.17) is 4.74 Å². The van der Waals surface area contributed by atoms with Crippen LogP contribution >= 0.6 is 0 Å². The van der Waals surface area contributed by atoms with Gasteiger partial charge in [0.1, 0.15) is 0 Å². The maximum absolute atomic E-state index is 12.7. The number of hydrogen-bond acceptors (Lipinski definition) is 3. The zero-order chi connectivity index (χ0) is 12.1. The third-order valence-corrected chi connectivity index (χ3v) is 5.05. The second kappa shape index (κ2) is 2.36. The van der Waals surface area contributed by atoms with E-state index >= 15 is 0 Å². The minimum Gasteiger partial charge on any atom is -0.344 e. The highest BCUT2D eigenvalue weighted by atomic mass is 16.6. The van der Waals surface area contributed by atoms with Gasteiger partial charge in [0.2, 0.25) is 0 Å². The van der Waals surface area contributed by atoms with E-state index in [1.54, 1.807) is 24.3 Å². The Hall–Kier alpha value is -1.74. The maximum atomic E-state index is 12.7. The van der Waals surface area contributed by atoms with Crippen molar-refractivity contribution in [2.24, 2.45) is 11.8 Å². The molecular weight excluding hydrogens is 228 g/mol. The fourth-order valence-electron chi connectivity index (χ4n) is 4.28. The normalized spacial score (nSPS) is 45.8. The summed E-state index contributed by atoms with van der Waals surface area (Å²) in [6, 6.07) is 7.09. The Bertz CT molecular complexity index is 619. The summed E-state index contributed by atoms with van der Waals surface area (Å²) in [7, 11) is 0. The van der Waals surface area contributed by atoms with Crippen molar-refractivity contribution in [3.63, 3.8) is 0 Å². The Morgan fingerprint density at radius 3 is 1.94 bits per heavy atom. The molecule has 3 nitrogen and oxygen atoms in total. The Balaban J connectivity index is 1.86. The van der Waals surface area contributed by atoms with Crippen LogP contribution in [0, 0.1) is 11.8 Å². The van der Waals surface area contributed by atoms with Gasteiger partial charge in [0.05, 0.1) is 0 Å². The number of fused-ring (bicyclic) bond motifs is 3. The van der Waals surface area contributed by atoms with Gasteiger partial charge in [0.25, 0.3) is 0 Å². The number of Topliss-reactive ketones (excluding diaryl/α,β-unsaturated/α-hetero) is 2. The van der Waals surface area contributed by atoms with Gasteiger partial charge in [-0.2, -0.15) is 0 Å². The molecule has 1 saturated carbocycles. The van der Waals surface area contributed by atoms with Crippen molar-refractivity contribution in [3.8, 4) is 0 Å². The van der Waals surface area contributed by atoms with Crippen LogP contribution in [0.25, 0.3) is 0 Å². The number of ketones is 2. The lowest BCUT2D eigenvalue weighted by atomic mass is 9.69. The van der Waals surface area contributed by atoms with Gasteiger partial charge < -0.3 is 4.74 Å². The van der Waals surface area contributed by atoms with Crippen LogP contribution in [0.3, 0.4) is 0 Å². The number of benzene rings is 1. The summed E-state index contributed by atoms with van der Waals surface area (Å²) in [5, 5.41) is 0. The number of carbonyl (C=O) groups is 2. The molecule has 1 aliphatic heterocycles. The van der Waals surface area contributed by atoms with E-state index < -0.39 is 11.2 Å². The summed E-state index contributed by atoms with van der Waals surface area (Å²) in [5.41, 5.74) is -0.622. The van der Waals surface area contributed by atoms with Crippen LogP contribution in [-0.4, -0.2) is 22.8 Å². The summed E-state index contributed by atoms with van der Waals surface area (Å²) < 4.78 is 5.82. The first kappa shape index (κ1) is 9.22. The second-order valence-corrected chi connectivity index (χ2v) is 5.61. The van der Waals surface area contributed by atoms with E-state index in [1.165, 1.54) is 0 Å². The molecule has 0 amide bonds. The molecule has 5 rings (SSSR count). The monoisotopic (exact) mass is 238 g/mol. The number of ether oxygens (including phenoxy) is 1. The van der Waals surface area contributed by atoms with Crippen molar-refractivity contribution in [2.75, 3.05) is 0 Å². The molecule has 0 radical (unpaired) electrons. The number of epoxide rings is 1. The van der Waals surface area contributed by atoms with Gasteiger partial charge in [-0.1, -0.05) is 36.4 Å². The van der Waals surface area contributed by atoms with E-state index in [9.17, 15) is 9.59 Å². The molecule has 2 bridgehead atoms. The van der Waals surface area contributed by atoms with Crippen molar-refractivity contribution < 1.29 is 14.3 Å². The van der Waals surface area contributed by atoms with E-state index in [1.807, 2.05) is 0 Å². The largest absolute Gasteiger partial charge is 0.344 e. The minimum atomic E-state index is -0.849. The molecule has 1 saturated heterocycles. The van der Waals surface area contributed by atoms with Gasteiger partial charge in [-0.25, -0.2) is 0 Å². The maximum Gasteiger partial charge on any atom is 0.199 e. The quantitative estimate of drug-likeness (QED) is 0.511. The zero-order valence-corrected chi connectivity index (χ0v) is 9.55. The summed E-state index contributed by atoms with van der Waals surface area (Å²) in [4.78, 5) is 25.4. The fourth-order valence-corrected chi connectivity index (χ4v) is 4.28. The molecule has 3 heteroatoms. The van der Waals surface area contributed by atoms with Crippen molar-refractivity contribution in [3.05, 3.63) is 47.5 Å². The van der Waals surface area contributed by atoms with Crippen LogP contribution in [0.15, 0.2) is 36.4 Å². The molecule has 88 valence electrons. The molecule has 4 aliphatic rings. The summed E-state index contributed by atoms with van der Waals surface area (Å²) in [5.74, 6) is 0.198. The van der Waals surface area contributed by atoms with Gasteiger partial charge in [-0.3, -0.25) is 9.59 Å². The summed E-state index contributed by atoms with van der Waals surface area (Å²) in [6.45, 7) is 0. The van der Waals surface area contributed by atoms with Gasteiger partial charge in [-0.15, -0.1) is 0 Å². The molecule has 18 heavy (non-hydrogen) atoms. The molecule has 0 N–H and O–H groups in total. The number of carbonyl (C=O) groups excluding carboxylic acids is 2. The van der Waals surface area contributed by atoms with Crippen LogP contribution in [0.5, 0.6) is 0 Å². The average Bonchev–Trinajstić information content (AvgIpc) is 2.82. The number of hydrogen-bond donors (Lipinski definition) is 0. The van der Waals surface area contributed by atoms with E-state index in [2.05, 4.69) is 12.2 Å². The predicted octanol–water partition coefficient (Wildman–Crippen LogP) is 1.78. The predicted molar refractivity (Wildman–Crippen MR) is 62.4 cm³/mol. The second-order valence-electron chi connectivity index (χ2n) is 5.61. The highest BCUT2D eigenvalue weighted by Crippen LogP contribution is 2.72. The molecule has 0 aromatic heterocycles. The van der Waals surface area contributed by atoms with Crippen molar-refractivity contribution in [2.45, 2.75) is 17.6 Å². The average molecular weight is 238 g/mol. The first-order valence-electron chi connectivity index (χ1n) is 6.29. The molecule has 3 aliphatic carbocycles. The van der Waals surface area contributed by atoms with Crippen LogP contribution < -0.4 is 0 Å². The topological polar surface area (TPSA) is 46.7 Å². The zero-order valence-electron chi connectivity index (χ0n) is 9.55. The Kier molecular flexibility index (Phi) is 1.21. The van der Waals surface area contributed by atoms with Crippen molar-refractivity contribution in [1.82, 2.24) is 0 Å². The lowest BCUT2D eigenvalue weighted by molar-refractivity contribution is 0.0811. The third kappa shape index (κ3) is 0.627. The third-order valence-electron chi connectivity index (χ3n) is 5.05. The molecular formula is C15H10O3. The molecule has 0 unspecified atom stereocenters. The van der Waals surface area contributed by atoms with Gasteiger partial charge >= 0.3 is 0 Å². The van der Waals surface area contributed by atoms with E-state index in [0.29, 0.717) is 11.1 Å². The van der Waals surface area contributed by atoms with Crippen LogP contribution in [-0.2, 0) is 4.74 Å².